The van der Waals surface area contributed by atoms with Gasteiger partial charge in [-0.2, -0.15) is 5.26 Å². The maximum Gasteiger partial charge on any atom is 0.255 e. The molecule has 0 atom stereocenters. The van der Waals surface area contributed by atoms with Crippen LogP contribution >= 0.6 is 0 Å². The van der Waals surface area contributed by atoms with Crippen molar-refractivity contribution in [2.45, 2.75) is 13.3 Å². The van der Waals surface area contributed by atoms with E-state index < -0.39 is 13.0 Å². The third kappa shape index (κ3) is 3.36. The van der Waals surface area contributed by atoms with Crippen molar-refractivity contribution >= 4 is 5.82 Å². The highest BCUT2D eigenvalue weighted by Crippen LogP contribution is 2.20. The van der Waals surface area contributed by atoms with Crippen LogP contribution in [0.5, 0.6) is 0 Å². The lowest BCUT2D eigenvalue weighted by atomic mass is 10.1. The molecule has 1 N–H and O–H groups in total. The van der Waals surface area contributed by atoms with E-state index in [1.54, 1.807) is 13.0 Å². The second-order valence-corrected chi connectivity index (χ2v) is 3.50. The minimum atomic E-state index is -2.55. The molecule has 0 fully saturated rings. The predicted molar refractivity (Wildman–Crippen MR) is 59.0 cm³/mol. The Kier molecular flexibility index (Phi) is 4.79. The maximum absolute atomic E-state index is 12.4. The van der Waals surface area contributed by atoms with Gasteiger partial charge >= 0.3 is 0 Å². The van der Waals surface area contributed by atoms with E-state index in [1.165, 1.54) is 11.1 Å². The molecule has 0 bridgehead atoms. The van der Waals surface area contributed by atoms with Gasteiger partial charge < -0.3 is 10.0 Å². The van der Waals surface area contributed by atoms with Crippen LogP contribution in [0.4, 0.5) is 14.6 Å². The lowest BCUT2D eigenvalue weighted by Gasteiger charge is -2.23. The molecular weight excluding hydrogens is 228 g/mol. The zero-order valence-corrected chi connectivity index (χ0v) is 9.40. The molecule has 0 aliphatic rings. The molecule has 0 radical (unpaired) electrons. The molecule has 0 spiro atoms. The molecule has 17 heavy (non-hydrogen) atoms. The second-order valence-electron chi connectivity index (χ2n) is 3.50. The van der Waals surface area contributed by atoms with Gasteiger partial charge in [-0.1, -0.05) is 0 Å². The standard InChI is InChI=1S/C11H13F2N3O/c1-8-2-3-15-11(9(8)6-14)16(4-5-17)7-10(12)13/h2-3,10,17H,4-5,7H2,1H3. The van der Waals surface area contributed by atoms with E-state index in [1.807, 2.05) is 6.07 Å². The van der Waals surface area contributed by atoms with Crippen LogP contribution in [0, 0.1) is 18.3 Å². The lowest BCUT2D eigenvalue weighted by molar-refractivity contribution is 0.152. The summed E-state index contributed by atoms with van der Waals surface area (Å²) in [5.41, 5.74) is 0.941. The Hall–Kier alpha value is -1.74. The third-order valence-corrected chi connectivity index (χ3v) is 2.28. The number of halogens is 2. The number of aliphatic hydroxyl groups is 1. The van der Waals surface area contributed by atoms with E-state index in [0.29, 0.717) is 5.56 Å². The molecule has 0 saturated heterocycles. The van der Waals surface area contributed by atoms with Gasteiger partial charge in [-0.05, 0) is 18.6 Å². The fourth-order valence-electron chi connectivity index (χ4n) is 1.49. The molecule has 1 aromatic heterocycles. The SMILES string of the molecule is Cc1ccnc(N(CCO)CC(F)F)c1C#N. The van der Waals surface area contributed by atoms with Gasteiger partial charge in [-0.3, -0.25) is 0 Å². The number of nitriles is 1. The molecule has 0 aliphatic heterocycles. The Morgan fingerprint density at radius 1 is 1.59 bits per heavy atom. The summed E-state index contributed by atoms with van der Waals surface area (Å²) in [6.07, 6.45) is -1.09. The van der Waals surface area contributed by atoms with Crippen molar-refractivity contribution in [2.24, 2.45) is 0 Å². The average Bonchev–Trinajstić information content (AvgIpc) is 2.27. The number of hydrogen-bond donors (Lipinski definition) is 1. The van der Waals surface area contributed by atoms with Crippen molar-refractivity contribution in [3.63, 3.8) is 0 Å². The molecule has 0 saturated carbocycles. The van der Waals surface area contributed by atoms with Crippen molar-refractivity contribution in [3.8, 4) is 6.07 Å². The number of anilines is 1. The summed E-state index contributed by atoms with van der Waals surface area (Å²) < 4.78 is 24.8. The summed E-state index contributed by atoms with van der Waals surface area (Å²) in [5, 5.41) is 17.8. The fourth-order valence-corrected chi connectivity index (χ4v) is 1.49. The Morgan fingerprint density at radius 2 is 2.29 bits per heavy atom. The zero-order chi connectivity index (χ0) is 12.8. The van der Waals surface area contributed by atoms with E-state index >= 15 is 0 Å². The van der Waals surface area contributed by atoms with E-state index in [-0.39, 0.29) is 24.5 Å². The molecule has 1 rings (SSSR count). The summed E-state index contributed by atoms with van der Waals surface area (Å²) in [6.45, 7) is 0.914. The second kappa shape index (κ2) is 6.11. The van der Waals surface area contributed by atoms with Gasteiger partial charge in [0.1, 0.15) is 11.9 Å². The van der Waals surface area contributed by atoms with Gasteiger partial charge in [0, 0.05) is 12.7 Å². The first-order chi connectivity index (χ1) is 8.10. The fraction of sp³-hybridized carbons (Fsp3) is 0.455. The Morgan fingerprint density at radius 3 is 2.82 bits per heavy atom. The molecule has 4 nitrogen and oxygen atoms in total. The van der Waals surface area contributed by atoms with Crippen molar-refractivity contribution in [3.05, 3.63) is 23.4 Å². The quantitative estimate of drug-likeness (QED) is 0.844. The number of aryl methyl sites for hydroxylation is 1. The number of nitrogens with zero attached hydrogens (tertiary/aromatic N) is 3. The van der Waals surface area contributed by atoms with Crippen LogP contribution in [-0.2, 0) is 0 Å². The first-order valence-electron chi connectivity index (χ1n) is 5.09. The summed E-state index contributed by atoms with van der Waals surface area (Å²) in [6, 6.07) is 3.59. The minimum Gasteiger partial charge on any atom is -0.395 e. The summed E-state index contributed by atoms with van der Waals surface area (Å²) >= 11 is 0. The van der Waals surface area contributed by atoms with Gasteiger partial charge in [0.15, 0.2) is 0 Å². The molecule has 0 unspecified atom stereocenters. The zero-order valence-electron chi connectivity index (χ0n) is 9.40. The summed E-state index contributed by atoms with van der Waals surface area (Å²) in [7, 11) is 0. The number of pyridine rings is 1. The van der Waals surface area contributed by atoms with E-state index in [9.17, 15) is 8.78 Å². The van der Waals surface area contributed by atoms with Gasteiger partial charge in [0.25, 0.3) is 6.43 Å². The van der Waals surface area contributed by atoms with Crippen LogP contribution in [0.25, 0.3) is 0 Å². The van der Waals surface area contributed by atoms with Crippen LogP contribution in [-0.4, -0.2) is 36.2 Å². The highest BCUT2D eigenvalue weighted by Gasteiger charge is 2.17. The lowest BCUT2D eigenvalue weighted by Crippen LogP contribution is -2.33. The number of aliphatic hydroxyl groups excluding tert-OH is 1. The highest BCUT2D eigenvalue weighted by molar-refractivity contribution is 5.57. The number of hydrogen-bond acceptors (Lipinski definition) is 4. The summed E-state index contributed by atoms with van der Waals surface area (Å²) in [4.78, 5) is 5.16. The Labute approximate surface area is 98.1 Å². The minimum absolute atomic E-state index is 0.0233. The van der Waals surface area contributed by atoms with Crippen LogP contribution in [0.1, 0.15) is 11.1 Å². The molecule has 6 heteroatoms. The summed E-state index contributed by atoms with van der Waals surface area (Å²) in [5.74, 6) is 0.196. The molecular formula is C11H13F2N3O. The van der Waals surface area contributed by atoms with Crippen molar-refractivity contribution in [1.82, 2.24) is 4.98 Å². The van der Waals surface area contributed by atoms with Gasteiger partial charge in [-0.15, -0.1) is 0 Å². The van der Waals surface area contributed by atoms with E-state index in [2.05, 4.69) is 4.98 Å². The molecule has 0 amide bonds. The number of rotatable bonds is 5. The number of aromatic nitrogens is 1. The Bertz CT molecular complexity index is 418. The molecule has 1 heterocycles. The Balaban J connectivity index is 3.09. The van der Waals surface area contributed by atoms with Gasteiger partial charge in [-0.25, -0.2) is 13.8 Å². The van der Waals surface area contributed by atoms with Gasteiger partial charge in [0.2, 0.25) is 0 Å². The van der Waals surface area contributed by atoms with Crippen molar-refractivity contribution in [1.29, 1.82) is 5.26 Å². The normalized spacial score (nSPS) is 10.4. The molecule has 0 aromatic carbocycles. The monoisotopic (exact) mass is 241 g/mol. The highest BCUT2D eigenvalue weighted by atomic mass is 19.3. The van der Waals surface area contributed by atoms with E-state index in [4.69, 9.17) is 10.4 Å². The first kappa shape index (κ1) is 13.3. The number of alkyl halides is 2. The topological polar surface area (TPSA) is 60.1 Å². The van der Waals surface area contributed by atoms with Crippen molar-refractivity contribution < 1.29 is 13.9 Å². The molecule has 92 valence electrons. The largest absolute Gasteiger partial charge is 0.395 e. The first-order valence-corrected chi connectivity index (χ1v) is 5.09. The maximum atomic E-state index is 12.4. The van der Waals surface area contributed by atoms with Crippen molar-refractivity contribution in [2.75, 3.05) is 24.6 Å². The molecule has 1 aromatic rings. The predicted octanol–water partition coefficient (Wildman–Crippen LogP) is 1.33. The smallest absolute Gasteiger partial charge is 0.255 e. The molecule has 0 aliphatic carbocycles. The van der Waals surface area contributed by atoms with E-state index in [0.717, 1.165) is 0 Å². The van der Waals surface area contributed by atoms with Crippen LogP contribution in [0.2, 0.25) is 0 Å². The van der Waals surface area contributed by atoms with Gasteiger partial charge in [0.05, 0.1) is 18.7 Å². The van der Waals surface area contributed by atoms with Crippen LogP contribution < -0.4 is 4.90 Å². The third-order valence-electron chi connectivity index (χ3n) is 2.28. The average molecular weight is 241 g/mol. The van der Waals surface area contributed by atoms with Crippen LogP contribution in [0.15, 0.2) is 12.3 Å². The van der Waals surface area contributed by atoms with Crippen LogP contribution in [0.3, 0.4) is 0 Å².